The number of imide groups is 1. The van der Waals surface area contributed by atoms with Gasteiger partial charge < -0.3 is 10.2 Å². The van der Waals surface area contributed by atoms with Gasteiger partial charge in [0.2, 0.25) is 5.91 Å². The van der Waals surface area contributed by atoms with E-state index in [0.717, 1.165) is 12.8 Å². The number of amides is 4. The molecule has 0 aromatic carbocycles. The summed E-state index contributed by atoms with van der Waals surface area (Å²) in [5.41, 5.74) is -0.664. The van der Waals surface area contributed by atoms with Crippen LogP contribution in [0.4, 0.5) is 4.79 Å². The van der Waals surface area contributed by atoms with E-state index in [1.54, 1.807) is 4.90 Å². The molecule has 0 saturated carbocycles. The summed E-state index contributed by atoms with van der Waals surface area (Å²) in [7, 11) is 0. The van der Waals surface area contributed by atoms with Crippen LogP contribution in [0.5, 0.6) is 0 Å². The molecule has 2 aliphatic heterocycles. The smallest absolute Gasteiger partial charge is 0.322 e. The summed E-state index contributed by atoms with van der Waals surface area (Å²) < 4.78 is 0. The Balaban J connectivity index is 1.85. The van der Waals surface area contributed by atoms with Crippen molar-refractivity contribution in [2.24, 2.45) is 5.41 Å². The maximum absolute atomic E-state index is 12.1. The van der Waals surface area contributed by atoms with Gasteiger partial charge in [-0.05, 0) is 24.7 Å². The lowest BCUT2D eigenvalue weighted by atomic mass is 9.90. The van der Waals surface area contributed by atoms with Crippen LogP contribution in [0.15, 0.2) is 0 Å². The van der Waals surface area contributed by atoms with Gasteiger partial charge in [-0.1, -0.05) is 20.8 Å². The van der Waals surface area contributed by atoms with E-state index in [0.29, 0.717) is 25.9 Å². The summed E-state index contributed by atoms with van der Waals surface area (Å²) in [5, 5.41) is 4.90. The lowest BCUT2D eigenvalue weighted by Gasteiger charge is -2.22. The normalized spacial score (nSPS) is 26.1. The largest absolute Gasteiger partial charge is 0.340 e. The van der Waals surface area contributed by atoms with Crippen molar-refractivity contribution in [3.05, 3.63) is 0 Å². The molecule has 112 valence electrons. The van der Waals surface area contributed by atoms with E-state index in [-0.39, 0.29) is 17.2 Å². The molecule has 2 saturated heterocycles. The molecule has 0 bridgehead atoms. The van der Waals surface area contributed by atoms with E-state index in [1.165, 1.54) is 0 Å². The fourth-order valence-electron chi connectivity index (χ4n) is 2.77. The second-order valence-corrected chi connectivity index (χ2v) is 6.97. The topological polar surface area (TPSA) is 78.5 Å². The molecule has 2 heterocycles. The molecule has 1 spiro atoms. The van der Waals surface area contributed by atoms with Gasteiger partial charge in [0, 0.05) is 13.0 Å². The minimum Gasteiger partial charge on any atom is -0.340 e. The van der Waals surface area contributed by atoms with Crippen LogP contribution in [0, 0.1) is 5.41 Å². The number of hydrogen-bond donors (Lipinski definition) is 2. The molecule has 6 heteroatoms. The van der Waals surface area contributed by atoms with E-state index in [9.17, 15) is 14.4 Å². The van der Waals surface area contributed by atoms with Gasteiger partial charge in [-0.3, -0.25) is 14.9 Å². The summed E-state index contributed by atoms with van der Waals surface area (Å²) in [6, 6.07) is -0.461. The number of hydrogen-bond acceptors (Lipinski definition) is 3. The summed E-state index contributed by atoms with van der Waals surface area (Å²) in [6.07, 6.45) is 2.85. The average Bonchev–Trinajstić information content (AvgIpc) is 2.83. The Bertz CT molecular complexity index is 441. The first-order chi connectivity index (χ1) is 9.22. The Morgan fingerprint density at radius 2 is 2.05 bits per heavy atom. The zero-order valence-electron chi connectivity index (χ0n) is 12.4. The number of nitrogens with one attached hydrogen (secondary N) is 2. The van der Waals surface area contributed by atoms with Gasteiger partial charge in [-0.2, -0.15) is 0 Å². The van der Waals surface area contributed by atoms with Crippen molar-refractivity contribution in [3.8, 4) is 0 Å². The van der Waals surface area contributed by atoms with Crippen LogP contribution in [0.2, 0.25) is 0 Å². The van der Waals surface area contributed by atoms with E-state index >= 15 is 0 Å². The van der Waals surface area contributed by atoms with E-state index in [4.69, 9.17) is 0 Å². The molecule has 4 amide bonds. The molecule has 1 atom stereocenters. The van der Waals surface area contributed by atoms with Crippen molar-refractivity contribution in [1.29, 1.82) is 0 Å². The third kappa shape index (κ3) is 3.11. The zero-order chi connectivity index (χ0) is 15.0. The molecule has 2 rings (SSSR count). The van der Waals surface area contributed by atoms with Gasteiger partial charge in [0.25, 0.3) is 5.91 Å². The molecule has 2 aliphatic rings. The third-order valence-electron chi connectivity index (χ3n) is 3.95. The van der Waals surface area contributed by atoms with Crippen LogP contribution in [-0.2, 0) is 9.59 Å². The minimum absolute atomic E-state index is 0.0695. The van der Waals surface area contributed by atoms with Crippen molar-refractivity contribution in [2.75, 3.05) is 13.1 Å². The minimum atomic E-state index is -0.892. The van der Waals surface area contributed by atoms with Crippen LogP contribution in [0.1, 0.15) is 46.5 Å². The number of carbonyl (C=O) groups is 3. The Morgan fingerprint density at radius 3 is 2.60 bits per heavy atom. The van der Waals surface area contributed by atoms with Gasteiger partial charge in [-0.15, -0.1) is 0 Å². The van der Waals surface area contributed by atoms with Crippen LogP contribution in [-0.4, -0.2) is 41.4 Å². The van der Waals surface area contributed by atoms with Crippen molar-refractivity contribution >= 4 is 17.8 Å². The van der Waals surface area contributed by atoms with Gasteiger partial charge in [0.15, 0.2) is 0 Å². The highest BCUT2D eigenvalue weighted by Crippen LogP contribution is 2.26. The van der Waals surface area contributed by atoms with E-state index in [2.05, 4.69) is 31.4 Å². The molecule has 0 aromatic heterocycles. The van der Waals surface area contributed by atoms with Crippen LogP contribution in [0.25, 0.3) is 0 Å². The molecule has 0 aliphatic carbocycles. The maximum Gasteiger partial charge on any atom is 0.322 e. The van der Waals surface area contributed by atoms with Crippen LogP contribution >= 0.6 is 0 Å². The monoisotopic (exact) mass is 281 g/mol. The average molecular weight is 281 g/mol. The van der Waals surface area contributed by atoms with Crippen molar-refractivity contribution < 1.29 is 14.4 Å². The Morgan fingerprint density at radius 1 is 1.35 bits per heavy atom. The Hall–Kier alpha value is -1.59. The van der Waals surface area contributed by atoms with Gasteiger partial charge >= 0.3 is 6.03 Å². The molecular weight excluding hydrogens is 258 g/mol. The number of rotatable bonds is 3. The second kappa shape index (κ2) is 5.07. The highest BCUT2D eigenvalue weighted by molar-refractivity contribution is 6.07. The molecule has 20 heavy (non-hydrogen) atoms. The van der Waals surface area contributed by atoms with Crippen molar-refractivity contribution in [2.45, 2.75) is 52.0 Å². The third-order valence-corrected chi connectivity index (χ3v) is 3.95. The lowest BCUT2D eigenvalue weighted by Crippen LogP contribution is -2.49. The molecule has 2 N–H and O–H groups in total. The first-order valence-corrected chi connectivity index (χ1v) is 7.13. The molecule has 0 radical (unpaired) electrons. The second-order valence-electron chi connectivity index (χ2n) is 6.97. The molecule has 0 aromatic rings. The van der Waals surface area contributed by atoms with Crippen molar-refractivity contribution in [3.63, 3.8) is 0 Å². The first kappa shape index (κ1) is 14.8. The number of likely N-dealkylation sites (tertiary alicyclic amines) is 1. The summed E-state index contributed by atoms with van der Waals surface area (Å²) in [4.78, 5) is 36.8. The van der Waals surface area contributed by atoms with Crippen LogP contribution < -0.4 is 10.6 Å². The summed E-state index contributed by atoms with van der Waals surface area (Å²) in [5.74, 6) is -0.243. The number of urea groups is 1. The fraction of sp³-hybridized carbons (Fsp3) is 0.786. The number of nitrogens with zero attached hydrogens (tertiary/aromatic N) is 1. The SMILES string of the molecule is CC(C)(C)CCCC(=O)N1CC[C@]2(C1)NC(=O)NC2=O. The molecular formula is C14H23N3O3. The van der Waals surface area contributed by atoms with Crippen LogP contribution in [0.3, 0.4) is 0 Å². The highest BCUT2D eigenvalue weighted by atomic mass is 16.2. The molecule has 0 unspecified atom stereocenters. The summed E-state index contributed by atoms with van der Waals surface area (Å²) >= 11 is 0. The van der Waals surface area contributed by atoms with Gasteiger partial charge in [-0.25, -0.2) is 4.79 Å². The lowest BCUT2D eigenvalue weighted by molar-refractivity contribution is -0.131. The quantitative estimate of drug-likeness (QED) is 0.758. The molecule has 2 fully saturated rings. The predicted molar refractivity (Wildman–Crippen MR) is 73.9 cm³/mol. The van der Waals surface area contributed by atoms with Crippen molar-refractivity contribution in [1.82, 2.24) is 15.5 Å². The van der Waals surface area contributed by atoms with Gasteiger partial charge in [0.1, 0.15) is 5.54 Å². The predicted octanol–water partition coefficient (Wildman–Crippen LogP) is 1.01. The maximum atomic E-state index is 12.1. The van der Waals surface area contributed by atoms with E-state index < -0.39 is 11.6 Å². The Labute approximate surface area is 119 Å². The molecule has 6 nitrogen and oxygen atoms in total. The van der Waals surface area contributed by atoms with Gasteiger partial charge in [0.05, 0.1) is 6.54 Å². The first-order valence-electron chi connectivity index (χ1n) is 7.13. The zero-order valence-corrected chi connectivity index (χ0v) is 12.4. The summed E-state index contributed by atoms with van der Waals surface area (Å²) in [6.45, 7) is 7.28. The fourth-order valence-corrected chi connectivity index (χ4v) is 2.77. The standard InChI is InChI=1S/C14H23N3O3/c1-13(2,3)6-4-5-10(18)17-8-7-14(9-17)11(19)15-12(20)16-14/h4-9H2,1-3H3,(H2,15,16,19,20)/t14-/m1/s1. The Kier molecular flexibility index (Phi) is 3.75. The van der Waals surface area contributed by atoms with E-state index in [1.807, 2.05) is 0 Å². The highest BCUT2D eigenvalue weighted by Gasteiger charge is 2.51. The number of carbonyl (C=O) groups excluding carboxylic acids is 3.